The summed E-state index contributed by atoms with van der Waals surface area (Å²) in [4.78, 5) is 13.9. The number of benzene rings is 1. The van der Waals surface area contributed by atoms with Gasteiger partial charge in [-0.1, -0.05) is 13.8 Å². The Morgan fingerprint density at radius 3 is 2.50 bits per heavy atom. The molecule has 0 spiro atoms. The third-order valence-corrected chi connectivity index (χ3v) is 6.46. The predicted molar refractivity (Wildman–Crippen MR) is 111 cm³/mol. The molecule has 2 N–H and O–H groups in total. The van der Waals surface area contributed by atoms with Gasteiger partial charge in [-0.25, -0.2) is 8.42 Å². The van der Waals surface area contributed by atoms with Crippen LogP contribution in [0.4, 0.5) is 0 Å². The molecule has 0 bridgehead atoms. The first-order valence-electron chi connectivity index (χ1n) is 9.32. The quantitative estimate of drug-likeness (QED) is 0.673. The fourth-order valence-electron chi connectivity index (χ4n) is 2.67. The molecule has 0 radical (unpaired) electrons. The van der Waals surface area contributed by atoms with Gasteiger partial charge < -0.3 is 20.1 Å². The maximum absolute atomic E-state index is 12.6. The lowest BCUT2D eigenvalue weighted by Gasteiger charge is -2.21. The number of fused-ring (bicyclic) bond motifs is 1. The Kier molecular flexibility index (Phi) is 9.53. The molecular weight excluding hydrogens is 404 g/mol. The molecule has 1 aromatic rings. The lowest BCUT2D eigenvalue weighted by molar-refractivity contribution is -0.129. The van der Waals surface area contributed by atoms with Crippen LogP contribution in [-0.2, 0) is 14.6 Å². The molecule has 1 atom stereocenters. The molecule has 28 heavy (non-hydrogen) atoms. The van der Waals surface area contributed by atoms with E-state index in [-0.39, 0.29) is 41.4 Å². The van der Waals surface area contributed by atoms with E-state index >= 15 is 0 Å². The van der Waals surface area contributed by atoms with Gasteiger partial charge in [-0.2, -0.15) is 0 Å². The van der Waals surface area contributed by atoms with E-state index in [9.17, 15) is 13.2 Å². The van der Waals surface area contributed by atoms with E-state index in [1.54, 1.807) is 18.0 Å². The molecule has 0 fully saturated rings. The van der Waals surface area contributed by atoms with Gasteiger partial charge in [-0.3, -0.25) is 4.79 Å². The average molecular weight is 435 g/mol. The molecule has 1 aromatic carbocycles. The minimum atomic E-state index is -3.59. The number of nitrogens with two attached hydrogens (primary N) is 1. The van der Waals surface area contributed by atoms with Crippen molar-refractivity contribution in [3.05, 3.63) is 18.2 Å². The van der Waals surface area contributed by atoms with Gasteiger partial charge in [0.2, 0.25) is 5.91 Å². The van der Waals surface area contributed by atoms with Crippen LogP contribution < -0.4 is 15.2 Å². The Balaban J connectivity index is 0.00000392. The van der Waals surface area contributed by atoms with Crippen LogP contribution in [0, 0.1) is 5.92 Å². The highest BCUT2D eigenvalue weighted by Gasteiger charge is 2.21. The summed E-state index contributed by atoms with van der Waals surface area (Å²) in [6.45, 7) is 5.61. The predicted octanol–water partition coefficient (Wildman–Crippen LogP) is 2.27. The third-order valence-electron chi connectivity index (χ3n) is 4.74. The van der Waals surface area contributed by atoms with Crippen LogP contribution in [-0.4, -0.2) is 57.8 Å². The molecule has 0 saturated carbocycles. The van der Waals surface area contributed by atoms with Crippen molar-refractivity contribution in [2.24, 2.45) is 11.7 Å². The fourth-order valence-corrected chi connectivity index (χ4v) is 3.91. The Morgan fingerprint density at radius 1 is 1.21 bits per heavy atom. The summed E-state index contributed by atoms with van der Waals surface area (Å²) in [5.41, 5.74) is 6.00. The molecule has 2 rings (SSSR count). The highest BCUT2D eigenvalue weighted by Crippen LogP contribution is 2.32. The minimum absolute atomic E-state index is 0. The first-order valence-corrected chi connectivity index (χ1v) is 11.0. The smallest absolute Gasteiger partial charge is 0.223 e. The second kappa shape index (κ2) is 10.9. The number of rotatable bonds is 8. The van der Waals surface area contributed by atoms with Gasteiger partial charge in [0.25, 0.3) is 0 Å². The largest absolute Gasteiger partial charge is 0.490 e. The van der Waals surface area contributed by atoms with Crippen molar-refractivity contribution in [2.45, 2.75) is 44.0 Å². The van der Waals surface area contributed by atoms with E-state index < -0.39 is 9.84 Å². The van der Waals surface area contributed by atoms with Crippen LogP contribution in [0.5, 0.6) is 11.5 Å². The SMILES string of the molecule is CC(C)C(N)CCN(C)C(=O)CCS(=O)(=O)c1ccc2c(c1)OCCCO2.Cl. The first-order chi connectivity index (χ1) is 12.7. The van der Waals surface area contributed by atoms with Gasteiger partial charge in [-0.15, -0.1) is 12.4 Å². The number of hydrogen-bond donors (Lipinski definition) is 1. The van der Waals surface area contributed by atoms with Gasteiger partial charge in [0.05, 0.1) is 23.9 Å². The van der Waals surface area contributed by atoms with Crippen LogP contribution in [0.1, 0.15) is 33.1 Å². The molecule has 0 aliphatic carbocycles. The Morgan fingerprint density at radius 2 is 1.86 bits per heavy atom. The molecule has 0 aromatic heterocycles. The summed E-state index contributed by atoms with van der Waals surface area (Å²) in [6.07, 6.45) is 1.37. The zero-order valence-electron chi connectivity index (χ0n) is 16.7. The standard InChI is InChI=1S/C19H30N2O5S.ClH/c1-14(2)16(20)7-9-21(3)19(22)8-12-27(23,24)15-5-6-17-18(13-15)26-11-4-10-25-17;/h5-6,13-14,16H,4,7-12,20H2,1-3H3;1H. The molecule has 160 valence electrons. The van der Waals surface area contributed by atoms with Gasteiger partial charge in [0.1, 0.15) is 0 Å². The van der Waals surface area contributed by atoms with Gasteiger partial charge >= 0.3 is 0 Å². The van der Waals surface area contributed by atoms with E-state index in [0.717, 1.165) is 6.42 Å². The normalized spacial score (nSPS) is 14.8. The number of hydrogen-bond acceptors (Lipinski definition) is 6. The van der Waals surface area contributed by atoms with E-state index in [1.165, 1.54) is 12.1 Å². The summed E-state index contributed by atoms with van der Waals surface area (Å²) >= 11 is 0. The van der Waals surface area contributed by atoms with E-state index in [1.807, 2.05) is 13.8 Å². The van der Waals surface area contributed by atoms with Crippen LogP contribution in [0.25, 0.3) is 0 Å². The van der Waals surface area contributed by atoms with Crippen LogP contribution in [0.3, 0.4) is 0 Å². The second-order valence-corrected chi connectivity index (χ2v) is 9.35. The summed E-state index contributed by atoms with van der Waals surface area (Å²) in [7, 11) is -1.91. The molecule has 0 saturated heterocycles. The molecule has 1 aliphatic heterocycles. The number of sulfone groups is 1. The van der Waals surface area contributed by atoms with E-state index in [2.05, 4.69) is 0 Å². The maximum Gasteiger partial charge on any atom is 0.223 e. The van der Waals surface area contributed by atoms with Crippen LogP contribution in [0.2, 0.25) is 0 Å². The van der Waals surface area contributed by atoms with Gasteiger partial charge in [-0.05, 0) is 24.5 Å². The maximum atomic E-state index is 12.6. The Labute approximate surface area is 173 Å². The highest BCUT2D eigenvalue weighted by molar-refractivity contribution is 7.91. The third kappa shape index (κ3) is 6.83. The van der Waals surface area contributed by atoms with Crippen molar-refractivity contribution in [3.63, 3.8) is 0 Å². The van der Waals surface area contributed by atoms with E-state index in [4.69, 9.17) is 15.2 Å². The Bertz CT molecular complexity index is 755. The monoisotopic (exact) mass is 434 g/mol. The molecule has 1 aliphatic rings. The molecule has 1 heterocycles. The van der Waals surface area contributed by atoms with Crippen LogP contribution >= 0.6 is 12.4 Å². The highest BCUT2D eigenvalue weighted by atomic mass is 35.5. The van der Waals surface area contributed by atoms with Crippen molar-refractivity contribution in [1.29, 1.82) is 0 Å². The summed E-state index contributed by atoms with van der Waals surface area (Å²) < 4.78 is 36.3. The second-order valence-electron chi connectivity index (χ2n) is 7.24. The van der Waals surface area contributed by atoms with Crippen molar-refractivity contribution in [3.8, 4) is 11.5 Å². The first kappa shape index (κ1) is 24.5. The lowest BCUT2D eigenvalue weighted by Crippen LogP contribution is -2.35. The van der Waals surface area contributed by atoms with Crippen molar-refractivity contribution < 1.29 is 22.7 Å². The van der Waals surface area contributed by atoms with Crippen LogP contribution in [0.15, 0.2) is 23.1 Å². The van der Waals surface area contributed by atoms with Crippen molar-refractivity contribution >= 4 is 28.2 Å². The molecule has 9 heteroatoms. The number of amides is 1. The van der Waals surface area contributed by atoms with E-state index in [0.29, 0.717) is 43.6 Å². The van der Waals surface area contributed by atoms with Crippen molar-refractivity contribution in [2.75, 3.05) is 32.6 Å². The summed E-state index contributed by atoms with van der Waals surface area (Å²) in [6, 6.07) is 4.60. The zero-order chi connectivity index (χ0) is 20.0. The average Bonchev–Trinajstić information content (AvgIpc) is 2.88. The fraction of sp³-hybridized carbons (Fsp3) is 0.632. The summed E-state index contributed by atoms with van der Waals surface area (Å²) in [5, 5.41) is 0. The molecule has 1 amide bonds. The number of carbonyl (C=O) groups excluding carboxylic acids is 1. The number of nitrogens with zero attached hydrogens (tertiary/aromatic N) is 1. The summed E-state index contributed by atoms with van der Waals surface area (Å²) in [5.74, 6) is 0.868. The van der Waals surface area contributed by atoms with Crippen molar-refractivity contribution in [1.82, 2.24) is 4.90 Å². The lowest BCUT2D eigenvalue weighted by atomic mass is 10.0. The zero-order valence-corrected chi connectivity index (χ0v) is 18.4. The number of ether oxygens (including phenoxy) is 2. The number of halogens is 1. The van der Waals surface area contributed by atoms with Gasteiger partial charge in [0.15, 0.2) is 21.3 Å². The topological polar surface area (TPSA) is 98.9 Å². The molecular formula is C19H31ClN2O5S. The Hall–Kier alpha value is -1.51. The minimum Gasteiger partial charge on any atom is -0.490 e. The van der Waals surface area contributed by atoms with Gasteiger partial charge in [0, 0.05) is 38.5 Å². The molecule has 1 unspecified atom stereocenters. The molecule has 7 nitrogen and oxygen atoms in total. The number of carbonyl (C=O) groups is 1.